The van der Waals surface area contributed by atoms with Gasteiger partial charge in [0, 0.05) is 43.7 Å². The van der Waals surface area contributed by atoms with E-state index in [-0.39, 0.29) is 18.1 Å². The molecular weight excluding hydrogens is 509 g/mol. The molecule has 2 fully saturated rings. The first-order valence-electron chi connectivity index (χ1n) is 14.0. The van der Waals surface area contributed by atoms with Crippen LogP contribution in [-0.4, -0.2) is 72.6 Å². The van der Waals surface area contributed by atoms with Crippen molar-refractivity contribution < 1.29 is 23.5 Å². The molecule has 2 aromatic rings. The summed E-state index contributed by atoms with van der Waals surface area (Å²) >= 11 is 0. The van der Waals surface area contributed by atoms with Gasteiger partial charge in [0.25, 0.3) is 0 Å². The van der Waals surface area contributed by atoms with Crippen molar-refractivity contribution in [3.8, 4) is 0 Å². The number of amides is 1. The van der Waals surface area contributed by atoms with Crippen LogP contribution in [0.4, 0.5) is 10.1 Å². The monoisotopic (exact) mass is 545 g/mol. The zero-order chi connectivity index (χ0) is 28.1. The fourth-order valence-corrected chi connectivity index (χ4v) is 6.01. The molecule has 1 atom stereocenters. The molecule has 1 spiro atoms. The highest BCUT2D eigenvalue weighted by Crippen LogP contribution is 2.40. The molecule has 0 bridgehead atoms. The minimum Gasteiger partial charge on any atom is -0.465 e. The number of carbonyl (C=O) groups is 3. The summed E-state index contributed by atoms with van der Waals surface area (Å²) in [7, 11) is 1.36. The molecule has 2 heterocycles. The van der Waals surface area contributed by atoms with Crippen molar-refractivity contribution in [2.45, 2.75) is 50.4 Å². The number of alkyl halides is 1. The number of para-hydroxylation sites is 1. The third-order valence-corrected chi connectivity index (χ3v) is 8.23. The molecule has 40 heavy (non-hydrogen) atoms. The van der Waals surface area contributed by atoms with Gasteiger partial charge in [0.2, 0.25) is 5.91 Å². The predicted molar refractivity (Wildman–Crippen MR) is 152 cm³/mol. The lowest BCUT2D eigenvalue weighted by Crippen LogP contribution is -2.56. The van der Waals surface area contributed by atoms with Crippen molar-refractivity contribution in [2.24, 2.45) is 0 Å². The predicted octanol–water partition coefficient (Wildman–Crippen LogP) is 4.69. The summed E-state index contributed by atoms with van der Waals surface area (Å²) < 4.78 is 18.2. The number of anilines is 1. The van der Waals surface area contributed by atoms with Gasteiger partial charge in [-0.15, -0.1) is 0 Å². The molecule has 0 radical (unpaired) electrons. The van der Waals surface area contributed by atoms with Gasteiger partial charge in [0.1, 0.15) is 11.7 Å². The largest absolute Gasteiger partial charge is 0.465 e. The van der Waals surface area contributed by atoms with E-state index in [1.807, 2.05) is 47.4 Å². The summed E-state index contributed by atoms with van der Waals surface area (Å²) in [4.78, 5) is 45.0. The zero-order valence-electron chi connectivity index (χ0n) is 22.9. The van der Waals surface area contributed by atoms with E-state index in [0.29, 0.717) is 43.6 Å². The van der Waals surface area contributed by atoms with Gasteiger partial charge in [-0.2, -0.15) is 0 Å². The molecule has 1 unspecified atom stereocenters. The SMILES string of the molecule is COC(=O)c1cccc(CN2CN(c3ccccc3)C3(CCN(CCCC(=O)C4=CCC(F)C=C4)CC3)C2=O)c1. The van der Waals surface area contributed by atoms with Crippen LogP contribution in [0.2, 0.25) is 0 Å². The Morgan fingerprint density at radius 1 is 1.07 bits per heavy atom. The smallest absolute Gasteiger partial charge is 0.337 e. The molecule has 2 saturated heterocycles. The van der Waals surface area contributed by atoms with E-state index in [4.69, 9.17) is 4.74 Å². The fourth-order valence-electron chi connectivity index (χ4n) is 6.01. The van der Waals surface area contributed by atoms with Crippen molar-refractivity contribution in [1.29, 1.82) is 0 Å². The van der Waals surface area contributed by atoms with Crippen LogP contribution >= 0.6 is 0 Å². The Balaban J connectivity index is 1.24. The van der Waals surface area contributed by atoms with Gasteiger partial charge in [-0.25, -0.2) is 9.18 Å². The molecule has 2 aliphatic heterocycles. The first-order chi connectivity index (χ1) is 19.4. The Bertz CT molecular complexity index is 1300. The Kier molecular flexibility index (Phi) is 8.45. The van der Waals surface area contributed by atoms with Crippen LogP contribution in [0.15, 0.2) is 78.4 Å². The van der Waals surface area contributed by atoms with E-state index in [9.17, 15) is 18.8 Å². The molecule has 210 valence electrons. The number of carbonyl (C=O) groups excluding carboxylic acids is 3. The van der Waals surface area contributed by atoms with E-state index >= 15 is 0 Å². The van der Waals surface area contributed by atoms with E-state index in [0.717, 1.165) is 37.3 Å². The number of methoxy groups -OCH3 is 1. The number of ketones is 1. The fraction of sp³-hybridized carbons (Fsp3) is 0.406. The second kappa shape index (κ2) is 12.2. The molecule has 7 nitrogen and oxygen atoms in total. The Morgan fingerprint density at radius 2 is 1.85 bits per heavy atom. The summed E-state index contributed by atoms with van der Waals surface area (Å²) in [6.45, 7) is 3.20. The Labute approximate surface area is 234 Å². The normalized spacial score (nSPS) is 20.6. The number of allylic oxidation sites excluding steroid dienone is 4. The molecule has 1 amide bonds. The number of hydrogen-bond acceptors (Lipinski definition) is 6. The third kappa shape index (κ3) is 5.87. The number of esters is 1. The molecule has 0 saturated carbocycles. The molecule has 5 rings (SSSR count). The lowest BCUT2D eigenvalue weighted by atomic mass is 9.85. The molecule has 1 aliphatic carbocycles. The minimum atomic E-state index is -0.994. The van der Waals surface area contributed by atoms with Crippen molar-refractivity contribution >= 4 is 23.3 Å². The topological polar surface area (TPSA) is 70.2 Å². The number of rotatable bonds is 9. The first kappa shape index (κ1) is 27.8. The highest BCUT2D eigenvalue weighted by Gasteiger charge is 2.53. The quantitative estimate of drug-likeness (QED) is 0.426. The lowest BCUT2D eigenvalue weighted by Gasteiger charge is -2.43. The van der Waals surface area contributed by atoms with Crippen LogP contribution in [0.5, 0.6) is 0 Å². The van der Waals surface area contributed by atoms with Crippen LogP contribution in [0.1, 0.15) is 48.0 Å². The number of benzene rings is 2. The number of Topliss-reactive ketones (excluding diaryl/α,β-unsaturated/α-hetero) is 1. The Hall–Kier alpha value is -3.78. The van der Waals surface area contributed by atoms with Crippen LogP contribution in [0.25, 0.3) is 0 Å². The Morgan fingerprint density at radius 3 is 2.55 bits per heavy atom. The maximum absolute atomic E-state index is 14.0. The van der Waals surface area contributed by atoms with Crippen molar-refractivity contribution in [2.75, 3.05) is 38.3 Å². The number of piperidine rings is 1. The van der Waals surface area contributed by atoms with E-state index in [1.54, 1.807) is 24.3 Å². The summed E-state index contributed by atoms with van der Waals surface area (Å²) in [5.41, 5.74) is 2.35. The van der Waals surface area contributed by atoms with Crippen LogP contribution in [-0.2, 0) is 20.9 Å². The van der Waals surface area contributed by atoms with Gasteiger partial charge >= 0.3 is 5.97 Å². The van der Waals surface area contributed by atoms with Gasteiger partial charge in [-0.3, -0.25) is 9.59 Å². The molecule has 0 N–H and O–H groups in total. The van der Waals surface area contributed by atoms with E-state index in [1.165, 1.54) is 13.2 Å². The van der Waals surface area contributed by atoms with E-state index < -0.39 is 17.7 Å². The summed E-state index contributed by atoms with van der Waals surface area (Å²) in [5, 5.41) is 0. The average molecular weight is 546 g/mol. The molecular formula is C32H36FN3O4. The van der Waals surface area contributed by atoms with Crippen molar-refractivity contribution in [1.82, 2.24) is 9.80 Å². The number of ether oxygens (including phenoxy) is 1. The highest BCUT2D eigenvalue weighted by molar-refractivity contribution is 5.98. The minimum absolute atomic E-state index is 0.0600. The van der Waals surface area contributed by atoms with Gasteiger partial charge in [-0.1, -0.05) is 42.5 Å². The number of hydrogen-bond donors (Lipinski definition) is 0. The van der Waals surface area contributed by atoms with Gasteiger partial charge in [0.15, 0.2) is 5.78 Å². The van der Waals surface area contributed by atoms with Crippen molar-refractivity contribution in [3.05, 3.63) is 89.5 Å². The maximum Gasteiger partial charge on any atom is 0.337 e. The summed E-state index contributed by atoms with van der Waals surface area (Å²) in [5.74, 6) is -0.229. The third-order valence-electron chi connectivity index (χ3n) is 8.23. The standard InChI is InChI=1S/C32H36FN3O4/c1-40-30(38)26-8-5-7-24(21-26)22-35-23-36(28-9-3-2-4-10-28)32(31(35)39)16-19-34(20-17-32)18-6-11-29(37)25-12-14-27(33)15-13-25/h2-5,7-10,12-14,21,27H,6,11,15-20,22-23H2,1H3. The maximum atomic E-state index is 14.0. The van der Waals surface area contributed by atoms with Gasteiger partial charge in [-0.05, 0) is 61.7 Å². The highest BCUT2D eigenvalue weighted by atomic mass is 19.1. The van der Waals surface area contributed by atoms with Crippen molar-refractivity contribution in [3.63, 3.8) is 0 Å². The number of nitrogens with zero attached hydrogens (tertiary/aromatic N) is 3. The molecule has 8 heteroatoms. The second-order valence-electron chi connectivity index (χ2n) is 10.8. The lowest BCUT2D eigenvalue weighted by molar-refractivity contribution is -0.134. The molecule has 3 aliphatic rings. The van der Waals surface area contributed by atoms with Crippen LogP contribution < -0.4 is 4.90 Å². The van der Waals surface area contributed by atoms with Crippen LogP contribution in [0.3, 0.4) is 0 Å². The molecule has 0 aromatic heterocycles. The number of likely N-dealkylation sites (tertiary alicyclic amines) is 1. The number of halogens is 1. The first-order valence-corrected chi connectivity index (χ1v) is 14.0. The van der Waals surface area contributed by atoms with E-state index in [2.05, 4.69) is 9.80 Å². The van der Waals surface area contributed by atoms with Crippen LogP contribution in [0, 0.1) is 0 Å². The molecule has 2 aromatic carbocycles. The average Bonchev–Trinajstić information content (AvgIpc) is 3.24. The summed E-state index contributed by atoms with van der Waals surface area (Å²) in [6.07, 6.45) is 6.57. The van der Waals surface area contributed by atoms with Gasteiger partial charge < -0.3 is 19.4 Å². The zero-order valence-corrected chi connectivity index (χ0v) is 22.9. The van der Waals surface area contributed by atoms with Gasteiger partial charge in [0.05, 0.1) is 19.3 Å². The second-order valence-corrected chi connectivity index (χ2v) is 10.8. The summed E-state index contributed by atoms with van der Waals surface area (Å²) in [6, 6.07) is 17.3.